The normalized spacial score (nSPS) is 12.9. The molecule has 0 amide bonds. The molecule has 0 bridgehead atoms. The number of halogens is 2. The number of esters is 1. The first kappa shape index (κ1) is 20.2. The van der Waals surface area contributed by atoms with Crippen molar-refractivity contribution in [2.45, 2.75) is 44.0 Å². The average molecular weight is 428 g/mol. The first-order valence-corrected chi connectivity index (χ1v) is 10.3. The number of rotatable bonds is 7. The summed E-state index contributed by atoms with van der Waals surface area (Å²) in [6.07, 6.45) is 5.86. The summed E-state index contributed by atoms with van der Waals surface area (Å²) < 4.78 is 10.7. The Bertz CT molecular complexity index is 829. The van der Waals surface area contributed by atoms with Crippen molar-refractivity contribution in [3.05, 3.63) is 39.3 Å². The Morgan fingerprint density at radius 1 is 1.22 bits per heavy atom. The highest BCUT2D eigenvalue weighted by atomic mass is 35.5. The lowest BCUT2D eigenvalue weighted by Gasteiger charge is -2.12. The second-order valence-corrected chi connectivity index (χ2v) is 8.10. The van der Waals surface area contributed by atoms with Gasteiger partial charge in [0.1, 0.15) is 0 Å². The molecule has 2 aromatic heterocycles. The lowest BCUT2D eigenvalue weighted by molar-refractivity contribution is -0.154. The SMILES string of the molecule is CC(C)C(=O)OCOc1nc(SCc2c(Cl)cncc2Cl)nc2c1CCC2. The Hall–Kier alpha value is -1.57. The van der Waals surface area contributed by atoms with E-state index < -0.39 is 0 Å². The summed E-state index contributed by atoms with van der Waals surface area (Å²) in [5, 5.41) is 1.59. The maximum absolute atomic E-state index is 11.6. The Morgan fingerprint density at radius 3 is 2.67 bits per heavy atom. The maximum Gasteiger partial charge on any atom is 0.311 e. The fourth-order valence-electron chi connectivity index (χ4n) is 2.58. The Balaban J connectivity index is 1.72. The third-order valence-electron chi connectivity index (χ3n) is 4.04. The van der Waals surface area contributed by atoms with E-state index in [0.717, 1.165) is 36.1 Å². The molecule has 0 atom stereocenters. The van der Waals surface area contributed by atoms with Gasteiger partial charge >= 0.3 is 5.97 Å². The molecule has 9 heteroatoms. The van der Waals surface area contributed by atoms with Gasteiger partial charge in [0.25, 0.3) is 0 Å². The minimum atomic E-state index is -0.308. The minimum absolute atomic E-state index is 0.160. The number of pyridine rings is 1. The van der Waals surface area contributed by atoms with Crippen molar-refractivity contribution in [3.8, 4) is 5.88 Å². The Kier molecular flexibility index (Phi) is 6.78. The molecular formula is C18H19Cl2N3O3S. The van der Waals surface area contributed by atoms with Crippen LogP contribution in [0, 0.1) is 5.92 Å². The summed E-state index contributed by atoms with van der Waals surface area (Å²) in [6, 6.07) is 0. The Morgan fingerprint density at radius 2 is 1.96 bits per heavy atom. The van der Waals surface area contributed by atoms with E-state index in [1.54, 1.807) is 26.2 Å². The van der Waals surface area contributed by atoms with Crippen LogP contribution in [-0.2, 0) is 28.1 Å². The van der Waals surface area contributed by atoms with E-state index in [1.165, 1.54) is 11.8 Å². The van der Waals surface area contributed by atoms with Gasteiger partial charge in [0.15, 0.2) is 5.16 Å². The van der Waals surface area contributed by atoms with Crippen LogP contribution in [0.25, 0.3) is 0 Å². The van der Waals surface area contributed by atoms with Gasteiger partial charge in [-0.2, -0.15) is 4.98 Å². The van der Waals surface area contributed by atoms with E-state index in [0.29, 0.717) is 26.8 Å². The average Bonchev–Trinajstić information content (AvgIpc) is 3.09. The zero-order valence-electron chi connectivity index (χ0n) is 15.0. The number of thioether (sulfide) groups is 1. The lowest BCUT2D eigenvalue weighted by Crippen LogP contribution is -2.16. The number of carbonyl (C=O) groups excluding carboxylic acids is 1. The molecule has 0 radical (unpaired) electrons. The third-order valence-corrected chi connectivity index (χ3v) is 5.57. The summed E-state index contributed by atoms with van der Waals surface area (Å²) >= 11 is 13.8. The topological polar surface area (TPSA) is 74.2 Å². The molecule has 0 N–H and O–H groups in total. The molecule has 1 aliphatic carbocycles. The molecule has 27 heavy (non-hydrogen) atoms. The van der Waals surface area contributed by atoms with E-state index >= 15 is 0 Å². The first-order valence-electron chi connectivity index (χ1n) is 8.55. The zero-order chi connectivity index (χ0) is 19.4. The maximum atomic E-state index is 11.6. The molecule has 1 aliphatic rings. The van der Waals surface area contributed by atoms with Crippen molar-refractivity contribution < 1.29 is 14.3 Å². The van der Waals surface area contributed by atoms with Gasteiger partial charge in [0.05, 0.1) is 21.7 Å². The molecule has 0 spiro atoms. The van der Waals surface area contributed by atoms with Gasteiger partial charge in [-0.3, -0.25) is 9.78 Å². The number of hydrogen-bond donors (Lipinski definition) is 0. The molecule has 0 unspecified atom stereocenters. The van der Waals surface area contributed by atoms with Crippen molar-refractivity contribution in [3.63, 3.8) is 0 Å². The predicted octanol–water partition coefficient (Wildman–Crippen LogP) is 4.49. The fraction of sp³-hybridized carbons (Fsp3) is 0.444. The summed E-state index contributed by atoms with van der Waals surface area (Å²) in [5.41, 5.74) is 2.75. The van der Waals surface area contributed by atoms with Gasteiger partial charge in [0.2, 0.25) is 12.7 Å². The van der Waals surface area contributed by atoms with Crippen LogP contribution in [0.2, 0.25) is 10.0 Å². The number of ether oxygens (including phenoxy) is 2. The highest BCUT2D eigenvalue weighted by Crippen LogP contribution is 2.33. The molecule has 0 fully saturated rings. The highest BCUT2D eigenvalue weighted by Gasteiger charge is 2.21. The first-order chi connectivity index (χ1) is 13.0. The molecule has 0 aromatic carbocycles. The van der Waals surface area contributed by atoms with E-state index in [2.05, 4.69) is 15.0 Å². The van der Waals surface area contributed by atoms with Crippen LogP contribution < -0.4 is 4.74 Å². The monoisotopic (exact) mass is 427 g/mol. The van der Waals surface area contributed by atoms with Gasteiger partial charge < -0.3 is 9.47 Å². The van der Waals surface area contributed by atoms with Crippen LogP contribution in [0.1, 0.15) is 37.1 Å². The van der Waals surface area contributed by atoms with Crippen molar-refractivity contribution in [2.24, 2.45) is 5.92 Å². The van der Waals surface area contributed by atoms with E-state index in [9.17, 15) is 4.79 Å². The second kappa shape index (κ2) is 9.08. The van der Waals surface area contributed by atoms with E-state index in [1.807, 2.05) is 0 Å². The van der Waals surface area contributed by atoms with Gasteiger partial charge in [0, 0.05) is 29.3 Å². The van der Waals surface area contributed by atoms with Crippen molar-refractivity contribution in [1.29, 1.82) is 0 Å². The molecule has 2 heterocycles. The zero-order valence-corrected chi connectivity index (χ0v) is 17.3. The number of aromatic nitrogens is 3. The van der Waals surface area contributed by atoms with Crippen LogP contribution in [-0.4, -0.2) is 27.7 Å². The van der Waals surface area contributed by atoms with Gasteiger partial charge in [-0.05, 0) is 19.3 Å². The number of fused-ring (bicyclic) bond motifs is 1. The number of nitrogens with zero attached hydrogens (tertiary/aromatic N) is 3. The van der Waals surface area contributed by atoms with Crippen LogP contribution in [0.5, 0.6) is 5.88 Å². The third kappa shape index (κ3) is 5.03. The summed E-state index contributed by atoms with van der Waals surface area (Å²) in [4.78, 5) is 24.7. The van der Waals surface area contributed by atoms with Gasteiger partial charge in [-0.15, -0.1) is 0 Å². The molecule has 0 saturated heterocycles. The molecule has 6 nitrogen and oxygen atoms in total. The van der Waals surface area contributed by atoms with Gasteiger partial charge in [-0.1, -0.05) is 48.8 Å². The fourth-order valence-corrected chi connectivity index (χ4v) is 4.15. The van der Waals surface area contributed by atoms with Crippen molar-refractivity contribution in [2.75, 3.05) is 6.79 Å². The van der Waals surface area contributed by atoms with Crippen LogP contribution in [0.4, 0.5) is 0 Å². The molecule has 3 rings (SSSR count). The molecule has 2 aromatic rings. The van der Waals surface area contributed by atoms with E-state index in [-0.39, 0.29) is 18.7 Å². The summed E-state index contributed by atoms with van der Waals surface area (Å²) in [6.45, 7) is 3.39. The smallest absolute Gasteiger partial charge is 0.311 e. The second-order valence-electron chi connectivity index (χ2n) is 6.34. The standard InChI is InChI=1S/C18H19Cl2N3O3S/c1-10(2)17(24)26-9-25-16-11-4-3-5-15(11)22-18(23-16)27-8-12-13(19)6-21-7-14(12)20/h6-7,10H,3-5,8-9H2,1-2H3. The molecular weight excluding hydrogens is 409 g/mol. The number of carbonyl (C=O) groups is 1. The molecule has 0 saturated carbocycles. The summed E-state index contributed by atoms with van der Waals surface area (Å²) in [7, 11) is 0. The van der Waals surface area contributed by atoms with Crippen LogP contribution in [0.3, 0.4) is 0 Å². The predicted molar refractivity (Wildman–Crippen MR) is 104 cm³/mol. The summed E-state index contributed by atoms with van der Waals surface area (Å²) in [5.74, 6) is 0.479. The van der Waals surface area contributed by atoms with Crippen molar-refractivity contribution in [1.82, 2.24) is 15.0 Å². The molecule has 0 aliphatic heterocycles. The molecule has 144 valence electrons. The highest BCUT2D eigenvalue weighted by molar-refractivity contribution is 7.98. The van der Waals surface area contributed by atoms with Crippen molar-refractivity contribution >= 4 is 40.9 Å². The number of hydrogen-bond acceptors (Lipinski definition) is 7. The largest absolute Gasteiger partial charge is 0.440 e. The lowest BCUT2D eigenvalue weighted by atomic mass is 10.2. The van der Waals surface area contributed by atoms with Crippen LogP contribution >= 0.6 is 35.0 Å². The van der Waals surface area contributed by atoms with Gasteiger partial charge in [-0.25, -0.2) is 4.98 Å². The Labute approximate surface area is 172 Å². The number of aryl methyl sites for hydroxylation is 1. The quantitative estimate of drug-likeness (QED) is 0.278. The van der Waals surface area contributed by atoms with Crippen LogP contribution in [0.15, 0.2) is 17.6 Å². The minimum Gasteiger partial charge on any atom is -0.440 e. The van der Waals surface area contributed by atoms with E-state index in [4.69, 9.17) is 32.7 Å².